The van der Waals surface area contributed by atoms with Crippen LogP contribution in [-0.2, 0) is 4.79 Å². The van der Waals surface area contributed by atoms with Gasteiger partial charge in [-0.3, -0.25) is 0 Å². The van der Waals surface area contributed by atoms with Crippen molar-refractivity contribution in [2.45, 2.75) is 29.6 Å². The summed E-state index contributed by atoms with van der Waals surface area (Å²) in [5.74, 6) is 6.62. The summed E-state index contributed by atoms with van der Waals surface area (Å²) in [6.45, 7) is 3.84. The van der Waals surface area contributed by atoms with E-state index in [0.717, 1.165) is 0 Å². The van der Waals surface area contributed by atoms with Gasteiger partial charge in [0.1, 0.15) is 0 Å². The van der Waals surface area contributed by atoms with E-state index in [4.69, 9.17) is 0 Å². The van der Waals surface area contributed by atoms with Gasteiger partial charge in [0.05, 0.1) is 0 Å². The number of rotatable bonds is 5. The van der Waals surface area contributed by atoms with Crippen LogP contribution in [0.1, 0.15) is 17.9 Å². The van der Waals surface area contributed by atoms with E-state index in [1.54, 1.807) is 0 Å². The third-order valence-corrected chi connectivity index (χ3v) is 6.69. The molecule has 0 bridgehead atoms. The Morgan fingerprint density at radius 3 is 2.31 bits per heavy atom. The van der Waals surface area contributed by atoms with E-state index < -0.39 is 13.3 Å². The molecule has 1 atom stereocenters. The first-order valence-electron chi connectivity index (χ1n) is 5.66. The normalized spacial score (nSPS) is 13.2. The predicted octanol–water partition coefficient (Wildman–Crippen LogP) is 3.79. The van der Waals surface area contributed by atoms with Gasteiger partial charge in [0.15, 0.2) is 0 Å². The maximum atomic E-state index is 12.0. The summed E-state index contributed by atoms with van der Waals surface area (Å²) in [5, 5.41) is 0. The number of allylic oxidation sites excluding steroid dienone is 1. The van der Waals surface area contributed by atoms with Crippen LogP contribution in [0.25, 0.3) is 0 Å². The summed E-state index contributed by atoms with van der Waals surface area (Å²) in [7, 11) is 0. The number of carbonyl (C=O) groups excluding carboxylic acids is 1. The van der Waals surface area contributed by atoms with E-state index in [0.29, 0.717) is 11.0 Å². The number of hydrogen-bond acceptors (Lipinski definition) is 1. The van der Waals surface area contributed by atoms with Gasteiger partial charge in [-0.25, -0.2) is 0 Å². The van der Waals surface area contributed by atoms with Crippen molar-refractivity contribution in [3.05, 3.63) is 48.6 Å². The third kappa shape index (κ3) is 3.64. The average molecular weight is 277 g/mol. The Morgan fingerprint density at radius 2 is 1.88 bits per heavy atom. The first kappa shape index (κ1) is 13.2. The Hall–Kier alpha value is -0.827. The van der Waals surface area contributed by atoms with Gasteiger partial charge in [0, 0.05) is 0 Å². The summed E-state index contributed by atoms with van der Waals surface area (Å²) in [4.78, 5) is 12.0. The third-order valence-electron chi connectivity index (χ3n) is 2.75. The molecule has 0 spiro atoms. The van der Waals surface area contributed by atoms with E-state index in [-0.39, 0.29) is 5.92 Å². The summed E-state index contributed by atoms with van der Waals surface area (Å²) >= 11 is -2.15. The van der Waals surface area contributed by atoms with Crippen LogP contribution in [-0.4, -0.2) is 17.9 Å². The monoisotopic (exact) mass is 278 g/mol. The van der Waals surface area contributed by atoms with Gasteiger partial charge in [-0.2, -0.15) is 0 Å². The fourth-order valence-electron chi connectivity index (χ4n) is 1.54. The van der Waals surface area contributed by atoms with Crippen molar-refractivity contribution in [3.8, 4) is 0 Å². The van der Waals surface area contributed by atoms with Gasteiger partial charge in [0.25, 0.3) is 0 Å². The Kier molecular flexibility index (Phi) is 4.54. The number of benzene rings is 1. The van der Waals surface area contributed by atoms with Crippen molar-refractivity contribution < 1.29 is 4.79 Å². The Balaban J connectivity index is 2.79. The summed E-state index contributed by atoms with van der Waals surface area (Å²) in [5.41, 5.74) is 1.19. The Bertz CT molecular complexity index is 362. The first-order valence-corrected chi connectivity index (χ1v) is 13.0. The zero-order chi connectivity index (χ0) is 12.2. The van der Waals surface area contributed by atoms with Crippen LogP contribution in [0.15, 0.2) is 43.0 Å². The summed E-state index contributed by atoms with van der Waals surface area (Å²) in [6.07, 6.45) is 2.51. The molecule has 0 amide bonds. The van der Waals surface area contributed by atoms with Gasteiger partial charge in [-0.1, -0.05) is 0 Å². The van der Waals surface area contributed by atoms with E-state index in [2.05, 4.69) is 36.0 Å². The molecule has 0 fully saturated rings. The molecule has 2 heteroatoms. The predicted molar refractivity (Wildman–Crippen MR) is 72.4 cm³/mol. The van der Waals surface area contributed by atoms with Crippen LogP contribution in [0, 0.1) is 0 Å². The standard InChI is InChI=1S/C14H20GeO/c1-5-12(11-14(16)15(2,3)4)13-9-7-6-8-10-13/h5-10,12H,1,11H2,2-4H3/t12-/m1/s1. The van der Waals surface area contributed by atoms with Gasteiger partial charge in [-0.15, -0.1) is 0 Å². The van der Waals surface area contributed by atoms with Crippen molar-refractivity contribution in [2.75, 3.05) is 0 Å². The minimum atomic E-state index is -2.15. The molecule has 1 aromatic rings. The Labute approximate surface area is 101 Å². The van der Waals surface area contributed by atoms with E-state index >= 15 is 0 Å². The molecule has 0 aliphatic rings. The molecule has 1 rings (SSSR count). The van der Waals surface area contributed by atoms with E-state index in [1.807, 2.05) is 24.3 Å². The fraction of sp³-hybridized carbons (Fsp3) is 0.357. The zero-order valence-electron chi connectivity index (χ0n) is 10.4. The molecule has 86 valence electrons. The van der Waals surface area contributed by atoms with Crippen LogP contribution < -0.4 is 0 Å². The molecule has 0 heterocycles. The molecular formula is C14H20GeO. The summed E-state index contributed by atoms with van der Waals surface area (Å²) in [6, 6.07) is 10.1. The van der Waals surface area contributed by atoms with Crippen molar-refractivity contribution in [1.82, 2.24) is 0 Å². The molecule has 0 saturated heterocycles. The molecule has 1 nitrogen and oxygen atoms in total. The van der Waals surface area contributed by atoms with Crippen molar-refractivity contribution in [2.24, 2.45) is 0 Å². The van der Waals surface area contributed by atoms with Crippen LogP contribution >= 0.6 is 0 Å². The SMILES string of the molecule is C=C[C@H](C[C](=O)[Ge]([CH3])([CH3])[CH3])c1ccccc1. The fourth-order valence-corrected chi connectivity index (χ4v) is 3.29. The second-order valence-corrected chi connectivity index (χ2v) is 15.7. The van der Waals surface area contributed by atoms with Gasteiger partial charge < -0.3 is 0 Å². The molecule has 16 heavy (non-hydrogen) atoms. The second-order valence-electron chi connectivity index (χ2n) is 5.13. The number of hydrogen-bond donors (Lipinski definition) is 0. The van der Waals surface area contributed by atoms with Crippen LogP contribution in [0.2, 0.25) is 17.3 Å². The molecule has 0 unspecified atom stereocenters. The zero-order valence-corrected chi connectivity index (χ0v) is 12.5. The van der Waals surface area contributed by atoms with Crippen molar-refractivity contribution in [1.29, 1.82) is 0 Å². The molecule has 1 aromatic carbocycles. The summed E-state index contributed by atoms with van der Waals surface area (Å²) < 4.78 is 0.466. The van der Waals surface area contributed by atoms with Gasteiger partial charge in [-0.05, 0) is 0 Å². The van der Waals surface area contributed by atoms with Crippen LogP contribution in [0.3, 0.4) is 0 Å². The molecule has 0 aliphatic carbocycles. The molecule has 0 saturated carbocycles. The quantitative estimate of drug-likeness (QED) is 0.591. The van der Waals surface area contributed by atoms with Gasteiger partial charge >= 0.3 is 101 Å². The second kappa shape index (κ2) is 5.49. The first-order chi connectivity index (χ1) is 7.45. The maximum absolute atomic E-state index is 12.0. The molecule has 0 aliphatic heterocycles. The van der Waals surface area contributed by atoms with Crippen LogP contribution in [0.4, 0.5) is 0 Å². The topological polar surface area (TPSA) is 17.1 Å². The van der Waals surface area contributed by atoms with Crippen molar-refractivity contribution in [3.63, 3.8) is 0 Å². The Morgan fingerprint density at radius 1 is 1.31 bits per heavy atom. The van der Waals surface area contributed by atoms with E-state index in [9.17, 15) is 4.79 Å². The average Bonchev–Trinajstić information content (AvgIpc) is 2.25. The van der Waals surface area contributed by atoms with Crippen molar-refractivity contribution >= 4 is 17.9 Å². The molecule has 0 radical (unpaired) electrons. The molecule has 0 aromatic heterocycles. The molecular weight excluding hydrogens is 257 g/mol. The molecule has 0 N–H and O–H groups in total. The van der Waals surface area contributed by atoms with E-state index in [1.165, 1.54) is 5.56 Å². The van der Waals surface area contributed by atoms with Gasteiger partial charge in [0.2, 0.25) is 0 Å². The number of carbonyl (C=O) groups is 1. The minimum absolute atomic E-state index is 0.179. The van der Waals surface area contributed by atoms with Crippen LogP contribution in [0.5, 0.6) is 0 Å².